The number of nitrogen functional groups attached to an aromatic ring is 1. The smallest absolute Gasteiger partial charge is 0.266 e. The minimum Gasteiger partial charge on any atom is -0.397 e. The van der Waals surface area contributed by atoms with Crippen LogP contribution >= 0.6 is 22.9 Å². The van der Waals surface area contributed by atoms with Crippen molar-refractivity contribution in [3.63, 3.8) is 0 Å². The van der Waals surface area contributed by atoms with E-state index in [0.717, 1.165) is 10.1 Å². The molecule has 1 aliphatic rings. The van der Waals surface area contributed by atoms with Gasteiger partial charge in [-0.3, -0.25) is 4.79 Å². The van der Waals surface area contributed by atoms with Crippen molar-refractivity contribution >= 4 is 44.6 Å². The lowest BCUT2D eigenvalue weighted by Gasteiger charge is -2.34. The molecule has 1 unspecified atom stereocenters. The number of aliphatic hydroxyl groups is 1. The topological polar surface area (TPSA) is 75.8 Å². The van der Waals surface area contributed by atoms with Gasteiger partial charge in [0, 0.05) is 16.6 Å². The Labute approximate surface area is 130 Å². The first kappa shape index (κ1) is 14.6. The minimum absolute atomic E-state index is 0.128. The molecule has 1 saturated heterocycles. The maximum Gasteiger partial charge on any atom is 0.266 e. The first-order valence-electron chi connectivity index (χ1n) is 6.59. The Bertz CT molecular complexity index is 688. The molecule has 1 aromatic heterocycles. The fraction of sp³-hybridized carbons (Fsp3) is 0.357. The van der Waals surface area contributed by atoms with Crippen molar-refractivity contribution in [1.29, 1.82) is 0 Å². The Balaban J connectivity index is 2.01. The standard InChI is InChI=1S/C14H15ClN2O3S/c15-9-2-1-3-10-11(9)12(16)13(21-10)14(19)17-4-5-20-7-8(17)6-18/h1-3,8,18H,4-7,16H2. The van der Waals surface area contributed by atoms with E-state index in [0.29, 0.717) is 35.3 Å². The van der Waals surface area contributed by atoms with Crippen LogP contribution in [0, 0.1) is 0 Å². The fourth-order valence-corrected chi connectivity index (χ4v) is 3.93. The minimum atomic E-state index is -0.327. The molecule has 1 aromatic carbocycles. The molecule has 7 heteroatoms. The molecule has 3 N–H and O–H groups in total. The Kier molecular flexibility index (Phi) is 4.03. The van der Waals surface area contributed by atoms with E-state index in [9.17, 15) is 9.90 Å². The molecule has 0 spiro atoms. The van der Waals surface area contributed by atoms with E-state index in [-0.39, 0.29) is 18.6 Å². The number of benzene rings is 1. The number of carbonyl (C=O) groups excluding carboxylic acids is 1. The van der Waals surface area contributed by atoms with Crippen molar-refractivity contribution < 1.29 is 14.6 Å². The molecule has 0 bridgehead atoms. The maximum atomic E-state index is 12.7. The Morgan fingerprint density at radius 1 is 1.57 bits per heavy atom. The van der Waals surface area contributed by atoms with Crippen molar-refractivity contribution in [2.24, 2.45) is 0 Å². The molecule has 21 heavy (non-hydrogen) atoms. The van der Waals surface area contributed by atoms with Gasteiger partial charge in [-0.1, -0.05) is 17.7 Å². The van der Waals surface area contributed by atoms with E-state index < -0.39 is 0 Å². The van der Waals surface area contributed by atoms with Gasteiger partial charge in [0.05, 0.1) is 36.6 Å². The third-order valence-corrected chi connectivity index (χ3v) is 5.07. The second-order valence-electron chi connectivity index (χ2n) is 4.87. The summed E-state index contributed by atoms with van der Waals surface area (Å²) in [6.45, 7) is 1.13. The number of thiophene rings is 1. The number of carbonyl (C=O) groups is 1. The zero-order valence-corrected chi connectivity index (χ0v) is 12.8. The number of fused-ring (bicyclic) bond motifs is 1. The van der Waals surface area contributed by atoms with Crippen LogP contribution in [0.3, 0.4) is 0 Å². The Hall–Kier alpha value is -1.34. The van der Waals surface area contributed by atoms with Gasteiger partial charge < -0.3 is 20.5 Å². The number of amides is 1. The molecular weight excluding hydrogens is 312 g/mol. The number of nitrogens with zero attached hydrogens (tertiary/aromatic N) is 1. The van der Waals surface area contributed by atoms with Gasteiger partial charge in [-0.25, -0.2) is 0 Å². The summed E-state index contributed by atoms with van der Waals surface area (Å²) in [4.78, 5) is 14.8. The summed E-state index contributed by atoms with van der Waals surface area (Å²) in [5.41, 5.74) is 6.53. The van der Waals surface area contributed by atoms with Crippen molar-refractivity contribution in [3.05, 3.63) is 28.1 Å². The summed E-state index contributed by atoms with van der Waals surface area (Å²) >= 11 is 7.49. The number of halogens is 1. The lowest BCUT2D eigenvalue weighted by Crippen LogP contribution is -2.50. The van der Waals surface area contributed by atoms with Gasteiger partial charge in [0.1, 0.15) is 4.88 Å². The molecule has 5 nitrogen and oxygen atoms in total. The average Bonchev–Trinajstić information content (AvgIpc) is 2.85. The van der Waals surface area contributed by atoms with Crippen molar-refractivity contribution in [3.8, 4) is 0 Å². The first-order valence-corrected chi connectivity index (χ1v) is 7.79. The number of morpholine rings is 1. The number of anilines is 1. The monoisotopic (exact) mass is 326 g/mol. The highest BCUT2D eigenvalue weighted by Gasteiger charge is 2.30. The van der Waals surface area contributed by atoms with Gasteiger partial charge in [-0.05, 0) is 12.1 Å². The second kappa shape index (κ2) is 5.81. The van der Waals surface area contributed by atoms with Gasteiger partial charge in [-0.15, -0.1) is 11.3 Å². The van der Waals surface area contributed by atoms with Crippen LogP contribution in [0.2, 0.25) is 5.02 Å². The van der Waals surface area contributed by atoms with Crippen molar-refractivity contribution in [2.45, 2.75) is 6.04 Å². The number of hydrogen-bond donors (Lipinski definition) is 2. The van der Waals surface area contributed by atoms with Crippen LogP contribution in [0.4, 0.5) is 5.69 Å². The summed E-state index contributed by atoms with van der Waals surface area (Å²) in [7, 11) is 0. The summed E-state index contributed by atoms with van der Waals surface area (Å²) in [6.07, 6.45) is 0. The lowest BCUT2D eigenvalue weighted by atomic mass is 10.2. The predicted molar refractivity (Wildman–Crippen MR) is 84.0 cm³/mol. The maximum absolute atomic E-state index is 12.7. The molecule has 1 fully saturated rings. The van der Waals surface area contributed by atoms with Crippen LogP contribution < -0.4 is 5.73 Å². The number of ether oxygens (including phenoxy) is 1. The summed E-state index contributed by atoms with van der Waals surface area (Å²) in [5, 5.41) is 10.7. The molecule has 3 rings (SSSR count). The van der Waals surface area contributed by atoms with Gasteiger partial charge >= 0.3 is 0 Å². The predicted octanol–water partition coefficient (Wildman–Crippen LogP) is 1.97. The van der Waals surface area contributed by atoms with E-state index in [1.165, 1.54) is 11.3 Å². The molecule has 2 aromatic rings. The van der Waals surface area contributed by atoms with Gasteiger partial charge in [-0.2, -0.15) is 0 Å². The molecule has 1 amide bonds. The zero-order chi connectivity index (χ0) is 15.0. The highest BCUT2D eigenvalue weighted by molar-refractivity contribution is 7.21. The first-order chi connectivity index (χ1) is 10.1. The fourth-order valence-electron chi connectivity index (χ4n) is 2.49. The summed E-state index contributed by atoms with van der Waals surface area (Å²) in [6, 6.07) is 5.15. The Morgan fingerprint density at radius 2 is 2.38 bits per heavy atom. The normalized spacial score (nSPS) is 19.1. The van der Waals surface area contributed by atoms with E-state index in [1.54, 1.807) is 11.0 Å². The van der Waals surface area contributed by atoms with Crippen molar-refractivity contribution in [1.82, 2.24) is 4.90 Å². The van der Waals surface area contributed by atoms with Crippen LogP contribution in [0.5, 0.6) is 0 Å². The van der Waals surface area contributed by atoms with E-state index >= 15 is 0 Å². The third kappa shape index (κ3) is 2.48. The average molecular weight is 327 g/mol. The van der Waals surface area contributed by atoms with Crippen LogP contribution in [0.15, 0.2) is 18.2 Å². The quantitative estimate of drug-likeness (QED) is 0.884. The summed E-state index contributed by atoms with van der Waals surface area (Å²) in [5.74, 6) is -0.174. The number of rotatable bonds is 2. The van der Waals surface area contributed by atoms with Gasteiger partial charge in [0.15, 0.2) is 0 Å². The SMILES string of the molecule is Nc1c(C(=O)N2CCOCC2CO)sc2cccc(Cl)c12. The van der Waals surface area contributed by atoms with Gasteiger partial charge in [0.2, 0.25) is 0 Å². The number of nitrogens with two attached hydrogens (primary N) is 1. The number of aliphatic hydroxyl groups excluding tert-OH is 1. The molecule has 0 saturated carbocycles. The lowest BCUT2D eigenvalue weighted by molar-refractivity contribution is -0.0181. The molecular formula is C14H15ClN2O3S. The molecule has 2 heterocycles. The van der Waals surface area contributed by atoms with Crippen LogP contribution in [-0.4, -0.2) is 48.3 Å². The highest BCUT2D eigenvalue weighted by Crippen LogP contribution is 2.38. The Morgan fingerprint density at radius 3 is 3.10 bits per heavy atom. The van der Waals surface area contributed by atoms with Gasteiger partial charge in [0.25, 0.3) is 5.91 Å². The third-order valence-electron chi connectivity index (χ3n) is 3.59. The molecule has 0 aliphatic carbocycles. The number of hydrogen-bond acceptors (Lipinski definition) is 5. The van der Waals surface area contributed by atoms with Crippen LogP contribution in [0.25, 0.3) is 10.1 Å². The van der Waals surface area contributed by atoms with E-state index in [2.05, 4.69) is 0 Å². The summed E-state index contributed by atoms with van der Waals surface area (Å²) < 4.78 is 6.18. The van der Waals surface area contributed by atoms with E-state index in [1.807, 2.05) is 12.1 Å². The molecule has 1 atom stereocenters. The van der Waals surface area contributed by atoms with Crippen LogP contribution in [0.1, 0.15) is 9.67 Å². The highest BCUT2D eigenvalue weighted by atomic mass is 35.5. The molecule has 1 aliphatic heterocycles. The second-order valence-corrected chi connectivity index (χ2v) is 6.33. The zero-order valence-electron chi connectivity index (χ0n) is 11.2. The van der Waals surface area contributed by atoms with E-state index in [4.69, 9.17) is 22.1 Å². The largest absolute Gasteiger partial charge is 0.397 e. The van der Waals surface area contributed by atoms with Crippen molar-refractivity contribution in [2.75, 3.05) is 32.1 Å². The van der Waals surface area contributed by atoms with Crippen LogP contribution in [-0.2, 0) is 4.74 Å². The molecule has 0 radical (unpaired) electrons. The molecule has 112 valence electrons.